The smallest absolute Gasteiger partial charge is 0.245 e. The molecule has 4 aromatic rings. The number of likely N-dealkylation sites (N-methyl/N-ethyl adjacent to an activating group) is 1. The Hall–Kier alpha value is -3.47. The minimum Gasteiger partial charge on any atom is -0.370 e. The number of hydrogen-bond donors (Lipinski definition) is 1. The van der Waals surface area contributed by atoms with Gasteiger partial charge in [0.05, 0.1) is 22.3 Å². The van der Waals surface area contributed by atoms with E-state index in [1.807, 2.05) is 16.6 Å². The zero-order chi connectivity index (χ0) is 27.0. The van der Waals surface area contributed by atoms with Crippen molar-refractivity contribution in [3.8, 4) is 11.3 Å². The molecule has 2 aliphatic heterocycles. The zero-order valence-corrected chi connectivity index (χ0v) is 23.3. The maximum atomic E-state index is 11.8. The lowest BCUT2D eigenvalue weighted by Gasteiger charge is -2.43. The third-order valence-corrected chi connectivity index (χ3v) is 9.04. The molecular formula is C29H35N7O2S. The van der Waals surface area contributed by atoms with E-state index in [0.29, 0.717) is 16.9 Å². The van der Waals surface area contributed by atoms with Crippen LogP contribution in [0.1, 0.15) is 12.8 Å². The fraction of sp³-hybridized carbons (Fsp3) is 0.379. The predicted octanol–water partition coefficient (Wildman–Crippen LogP) is 3.76. The van der Waals surface area contributed by atoms with Crippen molar-refractivity contribution < 1.29 is 8.42 Å². The lowest BCUT2D eigenvalue weighted by Crippen LogP contribution is -2.54. The molecule has 2 saturated heterocycles. The number of sulfone groups is 1. The van der Waals surface area contributed by atoms with Gasteiger partial charge in [0, 0.05) is 68.5 Å². The van der Waals surface area contributed by atoms with Crippen molar-refractivity contribution in [3.63, 3.8) is 0 Å². The first kappa shape index (κ1) is 25.8. The SMILES string of the molecule is CN1CCN(C2CCCN(c3ccc(Nc4ncc5ccc(-c6ccc(S(C)(=O)=O)cc6)n5n4)cc3)C2)CC1. The molecular weight excluding hydrogens is 510 g/mol. The van der Waals surface area contributed by atoms with Crippen molar-refractivity contribution in [1.82, 2.24) is 24.4 Å². The van der Waals surface area contributed by atoms with Crippen molar-refractivity contribution in [1.29, 1.82) is 0 Å². The average molecular weight is 546 g/mol. The van der Waals surface area contributed by atoms with Gasteiger partial charge in [-0.2, -0.15) is 0 Å². The first-order chi connectivity index (χ1) is 18.8. The number of benzene rings is 2. The Balaban J connectivity index is 1.15. The lowest BCUT2D eigenvalue weighted by molar-refractivity contribution is 0.102. The summed E-state index contributed by atoms with van der Waals surface area (Å²) in [5.41, 5.74) is 4.79. The molecule has 1 N–H and O–H groups in total. The van der Waals surface area contributed by atoms with Gasteiger partial charge in [0.2, 0.25) is 5.95 Å². The van der Waals surface area contributed by atoms with Crippen LogP contribution in [0.2, 0.25) is 0 Å². The molecule has 2 fully saturated rings. The van der Waals surface area contributed by atoms with Crippen molar-refractivity contribution in [2.75, 3.05) is 62.8 Å². The van der Waals surface area contributed by atoms with Gasteiger partial charge in [0.1, 0.15) is 0 Å². The third kappa shape index (κ3) is 5.63. The number of nitrogens with zero attached hydrogens (tertiary/aromatic N) is 6. The van der Waals surface area contributed by atoms with Crippen molar-refractivity contribution in [2.24, 2.45) is 0 Å². The van der Waals surface area contributed by atoms with Gasteiger partial charge in [-0.3, -0.25) is 4.90 Å². The summed E-state index contributed by atoms with van der Waals surface area (Å²) in [5, 5.41) is 8.05. The summed E-state index contributed by atoms with van der Waals surface area (Å²) in [6.45, 7) is 6.82. The Labute approximate surface area is 230 Å². The minimum atomic E-state index is -3.24. The zero-order valence-electron chi connectivity index (χ0n) is 22.5. The van der Waals surface area contributed by atoms with Gasteiger partial charge in [0.25, 0.3) is 0 Å². The van der Waals surface area contributed by atoms with Crippen molar-refractivity contribution in [3.05, 3.63) is 66.9 Å². The van der Waals surface area contributed by atoms with Gasteiger partial charge in [-0.1, -0.05) is 12.1 Å². The van der Waals surface area contributed by atoms with E-state index in [2.05, 4.69) is 56.3 Å². The molecule has 9 nitrogen and oxygen atoms in total. The van der Waals surface area contributed by atoms with Gasteiger partial charge in [-0.25, -0.2) is 17.9 Å². The second-order valence-electron chi connectivity index (χ2n) is 10.7. The van der Waals surface area contributed by atoms with E-state index in [0.717, 1.165) is 61.7 Å². The molecule has 0 radical (unpaired) electrons. The largest absolute Gasteiger partial charge is 0.370 e. The summed E-state index contributed by atoms with van der Waals surface area (Å²) in [6, 6.07) is 19.9. The normalized spacial score (nSPS) is 19.4. The van der Waals surface area contributed by atoms with Crippen LogP contribution in [0.5, 0.6) is 0 Å². The summed E-state index contributed by atoms with van der Waals surface area (Å²) < 4.78 is 25.5. The fourth-order valence-corrected chi connectivity index (χ4v) is 6.24. The second-order valence-corrected chi connectivity index (χ2v) is 12.7. The highest BCUT2D eigenvalue weighted by Crippen LogP contribution is 2.27. The maximum absolute atomic E-state index is 11.8. The Morgan fingerprint density at radius 3 is 2.36 bits per heavy atom. The van der Waals surface area contributed by atoms with Crippen LogP contribution in [-0.2, 0) is 9.84 Å². The molecule has 4 heterocycles. The van der Waals surface area contributed by atoms with Crippen LogP contribution >= 0.6 is 0 Å². The summed E-state index contributed by atoms with van der Waals surface area (Å²) in [7, 11) is -1.03. The fourth-order valence-electron chi connectivity index (χ4n) is 5.61. The average Bonchev–Trinajstić information content (AvgIpc) is 3.37. The summed E-state index contributed by atoms with van der Waals surface area (Å²) in [5.74, 6) is 0.494. The lowest BCUT2D eigenvalue weighted by atomic mass is 10.0. The van der Waals surface area contributed by atoms with E-state index >= 15 is 0 Å². The van der Waals surface area contributed by atoms with Gasteiger partial charge in [-0.05, 0) is 68.4 Å². The number of piperidine rings is 1. The highest BCUT2D eigenvalue weighted by atomic mass is 32.2. The molecule has 1 unspecified atom stereocenters. The van der Waals surface area contributed by atoms with E-state index in [-0.39, 0.29) is 0 Å². The molecule has 2 aromatic heterocycles. The summed E-state index contributed by atoms with van der Waals surface area (Å²) in [4.78, 5) is 12.4. The monoisotopic (exact) mass is 545 g/mol. The molecule has 6 rings (SSSR count). The summed E-state index contributed by atoms with van der Waals surface area (Å²) in [6.07, 6.45) is 5.50. The van der Waals surface area contributed by atoms with E-state index in [1.54, 1.807) is 30.5 Å². The van der Waals surface area contributed by atoms with Crippen LogP contribution < -0.4 is 10.2 Å². The Morgan fingerprint density at radius 2 is 1.64 bits per heavy atom. The first-order valence-corrected chi connectivity index (χ1v) is 15.4. The number of nitrogens with one attached hydrogen (secondary N) is 1. The first-order valence-electron chi connectivity index (χ1n) is 13.5. The Morgan fingerprint density at radius 1 is 0.897 bits per heavy atom. The number of piperazine rings is 1. The molecule has 1 atom stereocenters. The molecule has 0 saturated carbocycles. The Bertz CT molecular complexity index is 1540. The quantitative estimate of drug-likeness (QED) is 0.392. The van der Waals surface area contributed by atoms with Crippen molar-refractivity contribution >= 4 is 32.7 Å². The van der Waals surface area contributed by atoms with Gasteiger partial charge < -0.3 is 15.1 Å². The van der Waals surface area contributed by atoms with Crippen LogP contribution in [0, 0.1) is 0 Å². The molecule has 0 bridgehead atoms. The van der Waals surface area contributed by atoms with E-state index in [1.165, 1.54) is 24.8 Å². The summed E-state index contributed by atoms with van der Waals surface area (Å²) >= 11 is 0. The molecule has 0 aliphatic carbocycles. The van der Waals surface area contributed by atoms with Crippen LogP contribution in [0.3, 0.4) is 0 Å². The number of aromatic nitrogens is 3. The number of fused-ring (bicyclic) bond motifs is 1. The molecule has 0 spiro atoms. The molecule has 204 valence electrons. The standard InChI is InChI=1S/C29H35N7O2S/c1-33-16-18-34(19-17-33)26-4-3-15-35(21-26)24-9-7-23(8-10-24)31-29-30-20-25-11-14-28(36(25)32-29)22-5-12-27(13-6-22)39(2,37)38/h5-14,20,26H,3-4,15-19,21H2,1-2H3,(H,31,32). The van der Waals surface area contributed by atoms with Crippen LogP contribution in [-0.4, -0.2) is 91.4 Å². The van der Waals surface area contributed by atoms with Gasteiger partial charge >= 0.3 is 0 Å². The van der Waals surface area contributed by atoms with Crippen molar-refractivity contribution in [2.45, 2.75) is 23.8 Å². The number of rotatable bonds is 6. The third-order valence-electron chi connectivity index (χ3n) is 7.92. The van der Waals surface area contributed by atoms with E-state index in [9.17, 15) is 8.42 Å². The van der Waals surface area contributed by atoms with Crippen LogP contribution in [0.25, 0.3) is 16.8 Å². The van der Waals surface area contributed by atoms with E-state index in [4.69, 9.17) is 5.10 Å². The molecule has 10 heteroatoms. The molecule has 2 aliphatic rings. The minimum absolute atomic E-state index is 0.298. The van der Waals surface area contributed by atoms with E-state index < -0.39 is 9.84 Å². The van der Waals surface area contributed by atoms with Crippen LogP contribution in [0.4, 0.5) is 17.3 Å². The predicted molar refractivity (Wildman–Crippen MR) is 156 cm³/mol. The number of anilines is 3. The second kappa shape index (κ2) is 10.6. The van der Waals surface area contributed by atoms with Crippen LogP contribution in [0.15, 0.2) is 71.8 Å². The highest BCUT2D eigenvalue weighted by molar-refractivity contribution is 7.90. The maximum Gasteiger partial charge on any atom is 0.245 e. The highest BCUT2D eigenvalue weighted by Gasteiger charge is 2.27. The van der Waals surface area contributed by atoms with Gasteiger partial charge in [-0.15, -0.1) is 5.10 Å². The number of hydrogen-bond acceptors (Lipinski definition) is 8. The topological polar surface area (TPSA) is 86.1 Å². The molecule has 2 aromatic carbocycles. The molecule has 39 heavy (non-hydrogen) atoms. The Kier molecular flexibility index (Phi) is 7.01. The molecule has 0 amide bonds. The van der Waals surface area contributed by atoms with Gasteiger partial charge in [0.15, 0.2) is 9.84 Å².